The Hall–Kier alpha value is -0.593. The minimum Gasteiger partial charge on any atom is -0.417 e. The number of oxime groups is 1. The predicted octanol–water partition coefficient (Wildman–Crippen LogP) is 5.71. The minimum absolute atomic E-state index is 0.0435. The zero-order valence-corrected chi connectivity index (χ0v) is 19.5. The highest BCUT2D eigenvalue weighted by Gasteiger charge is 2.37. The Labute approximate surface area is 169 Å². The van der Waals surface area contributed by atoms with Gasteiger partial charge in [0.05, 0.1) is 15.8 Å². The Morgan fingerprint density at radius 3 is 2.38 bits per heavy atom. The lowest BCUT2D eigenvalue weighted by atomic mass is 9.91. The zero-order chi connectivity index (χ0) is 20.0. The number of hydrogen-bond donors (Lipinski definition) is 1. The van der Waals surface area contributed by atoms with Crippen LogP contribution in [0, 0.1) is 0 Å². The maximum Gasteiger partial charge on any atom is 0.191 e. The number of hydrogen-bond acceptors (Lipinski definition) is 4. The molecule has 26 heavy (non-hydrogen) atoms. The van der Waals surface area contributed by atoms with E-state index >= 15 is 0 Å². The van der Waals surface area contributed by atoms with E-state index in [1.807, 2.05) is 25.2 Å². The van der Waals surface area contributed by atoms with Crippen molar-refractivity contribution in [3.05, 3.63) is 33.8 Å². The van der Waals surface area contributed by atoms with Gasteiger partial charge in [0, 0.05) is 19.1 Å². The summed E-state index contributed by atoms with van der Waals surface area (Å²) in [6.07, 6.45) is 0.800. The SMILES string of the molecule is CNCC(=NOC)C(CCO[Si](C)(C)C(C)(C)C)c1ccc(Cl)c(Cl)c1. The number of halogens is 2. The maximum atomic E-state index is 6.37. The van der Waals surface area contributed by atoms with Gasteiger partial charge in [0.15, 0.2) is 8.32 Å². The Bertz CT molecular complexity index is 616. The number of benzene rings is 1. The highest BCUT2D eigenvalue weighted by molar-refractivity contribution is 6.74. The second-order valence-electron chi connectivity index (χ2n) is 7.92. The molecule has 1 aromatic carbocycles. The van der Waals surface area contributed by atoms with Crippen molar-refractivity contribution in [1.29, 1.82) is 0 Å². The van der Waals surface area contributed by atoms with Gasteiger partial charge in [-0.1, -0.05) is 55.2 Å². The number of rotatable bonds is 9. The molecule has 1 unspecified atom stereocenters. The second-order valence-corrected chi connectivity index (χ2v) is 13.5. The summed E-state index contributed by atoms with van der Waals surface area (Å²) >= 11 is 12.3. The van der Waals surface area contributed by atoms with Crippen LogP contribution in [0.15, 0.2) is 23.4 Å². The van der Waals surface area contributed by atoms with Crippen LogP contribution in [0.3, 0.4) is 0 Å². The smallest absolute Gasteiger partial charge is 0.191 e. The summed E-state index contributed by atoms with van der Waals surface area (Å²) in [5, 5.41) is 8.67. The van der Waals surface area contributed by atoms with Gasteiger partial charge in [0.25, 0.3) is 0 Å². The first-order chi connectivity index (χ1) is 12.0. The molecule has 0 radical (unpaired) electrons. The molecule has 0 spiro atoms. The molecule has 1 N–H and O–H groups in total. The fourth-order valence-corrected chi connectivity index (χ4v) is 3.79. The van der Waals surface area contributed by atoms with E-state index in [4.69, 9.17) is 32.5 Å². The van der Waals surface area contributed by atoms with E-state index in [1.165, 1.54) is 0 Å². The third-order valence-electron chi connectivity index (χ3n) is 4.99. The predicted molar refractivity (Wildman–Crippen MR) is 115 cm³/mol. The molecule has 4 nitrogen and oxygen atoms in total. The lowest BCUT2D eigenvalue weighted by Gasteiger charge is -2.36. The molecule has 0 fully saturated rings. The Morgan fingerprint density at radius 2 is 1.88 bits per heavy atom. The summed E-state index contributed by atoms with van der Waals surface area (Å²) in [5.74, 6) is 0.0435. The molecule has 0 heterocycles. The van der Waals surface area contributed by atoms with Gasteiger partial charge >= 0.3 is 0 Å². The molecule has 1 rings (SSSR count). The van der Waals surface area contributed by atoms with E-state index in [0.717, 1.165) is 17.7 Å². The monoisotopic (exact) mass is 418 g/mol. The lowest BCUT2D eigenvalue weighted by Crippen LogP contribution is -2.41. The summed E-state index contributed by atoms with van der Waals surface area (Å²) < 4.78 is 6.37. The molecule has 7 heteroatoms. The van der Waals surface area contributed by atoms with Crippen LogP contribution < -0.4 is 5.32 Å². The Kier molecular flexibility index (Phi) is 9.10. The molecule has 0 saturated heterocycles. The highest BCUT2D eigenvalue weighted by atomic mass is 35.5. The van der Waals surface area contributed by atoms with E-state index in [1.54, 1.807) is 7.11 Å². The van der Waals surface area contributed by atoms with Crippen molar-refractivity contribution >= 4 is 37.2 Å². The molecule has 148 valence electrons. The molecular weight excluding hydrogens is 387 g/mol. The fraction of sp³-hybridized carbons (Fsp3) is 0.632. The summed E-state index contributed by atoms with van der Waals surface area (Å²) in [7, 11) is 1.66. The van der Waals surface area contributed by atoms with Crippen LogP contribution in [0.4, 0.5) is 0 Å². The summed E-state index contributed by atoms with van der Waals surface area (Å²) in [5.41, 5.74) is 1.97. The Morgan fingerprint density at radius 1 is 1.23 bits per heavy atom. The quantitative estimate of drug-likeness (QED) is 0.317. The Balaban J connectivity index is 3.05. The van der Waals surface area contributed by atoms with Crippen molar-refractivity contribution in [3.8, 4) is 0 Å². The molecule has 1 atom stereocenters. The van der Waals surface area contributed by atoms with E-state index in [9.17, 15) is 0 Å². The van der Waals surface area contributed by atoms with Crippen LogP contribution in [-0.2, 0) is 9.26 Å². The minimum atomic E-state index is -1.80. The molecule has 0 saturated carbocycles. The second kappa shape index (κ2) is 10.1. The van der Waals surface area contributed by atoms with Crippen LogP contribution in [0.25, 0.3) is 0 Å². The van der Waals surface area contributed by atoms with Crippen molar-refractivity contribution in [2.45, 2.75) is 51.2 Å². The third kappa shape index (κ3) is 6.53. The number of nitrogens with zero attached hydrogens (tertiary/aromatic N) is 1. The fourth-order valence-electron chi connectivity index (χ4n) is 2.42. The van der Waals surface area contributed by atoms with Gasteiger partial charge in [0.2, 0.25) is 0 Å². The molecule has 0 aliphatic rings. The highest BCUT2D eigenvalue weighted by Crippen LogP contribution is 2.37. The largest absolute Gasteiger partial charge is 0.417 e. The lowest BCUT2D eigenvalue weighted by molar-refractivity contribution is 0.210. The first kappa shape index (κ1) is 23.4. The average Bonchev–Trinajstić information content (AvgIpc) is 2.53. The van der Waals surface area contributed by atoms with Crippen molar-refractivity contribution in [3.63, 3.8) is 0 Å². The summed E-state index contributed by atoms with van der Waals surface area (Å²) in [6, 6.07) is 5.72. The van der Waals surface area contributed by atoms with Gasteiger partial charge in [-0.25, -0.2) is 0 Å². The van der Waals surface area contributed by atoms with E-state index in [0.29, 0.717) is 23.2 Å². The van der Waals surface area contributed by atoms with Crippen molar-refractivity contribution in [1.82, 2.24) is 5.32 Å². The maximum absolute atomic E-state index is 6.37. The first-order valence-electron chi connectivity index (χ1n) is 8.87. The van der Waals surface area contributed by atoms with Gasteiger partial charge in [-0.3, -0.25) is 0 Å². The van der Waals surface area contributed by atoms with Crippen LogP contribution in [0.5, 0.6) is 0 Å². The molecular formula is C19H32Cl2N2O2Si. The van der Waals surface area contributed by atoms with Crippen LogP contribution in [0.2, 0.25) is 28.2 Å². The first-order valence-corrected chi connectivity index (χ1v) is 12.5. The van der Waals surface area contributed by atoms with Gasteiger partial charge in [-0.15, -0.1) is 0 Å². The average molecular weight is 419 g/mol. The normalized spacial score (nSPS) is 14.4. The topological polar surface area (TPSA) is 42.9 Å². The summed E-state index contributed by atoms with van der Waals surface area (Å²) in [4.78, 5) is 5.07. The van der Waals surface area contributed by atoms with Crippen molar-refractivity contribution in [2.75, 3.05) is 27.3 Å². The number of nitrogens with one attached hydrogen (secondary N) is 1. The van der Waals surface area contributed by atoms with E-state index < -0.39 is 8.32 Å². The van der Waals surface area contributed by atoms with Gasteiger partial charge in [-0.05, 0) is 49.3 Å². The molecule has 0 amide bonds. The van der Waals surface area contributed by atoms with Gasteiger partial charge in [0.1, 0.15) is 7.11 Å². The molecule has 0 aromatic heterocycles. The van der Waals surface area contributed by atoms with E-state index in [-0.39, 0.29) is 11.0 Å². The third-order valence-corrected chi connectivity index (χ3v) is 10.3. The standard InChI is InChI=1S/C19H32Cl2N2O2Si/c1-19(2,3)26(6,7)25-11-10-15(18(13-22-4)23-24-5)14-8-9-16(20)17(21)12-14/h8-9,12,15,22H,10-11,13H2,1-7H3. The van der Waals surface area contributed by atoms with Gasteiger partial charge < -0.3 is 14.6 Å². The summed E-state index contributed by atoms with van der Waals surface area (Å²) in [6.45, 7) is 12.5. The zero-order valence-electron chi connectivity index (χ0n) is 17.0. The molecule has 0 aliphatic heterocycles. The van der Waals surface area contributed by atoms with Crippen molar-refractivity contribution < 1.29 is 9.26 Å². The van der Waals surface area contributed by atoms with Crippen molar-refractivity contribution in [2.24, 2.45) is 5.16 Å². The van der Waals surface area contributed by atoms with E-state index in [2.05, 4.69) is 44.3 Å². The van der Waals surface area contributed by atoms with Crippen LogP contribution >= 0.6 is 23.2 Å². The van der Waals surface area contributed by atoms with Crippen LogP contribution in [0.1, 0.15) is 38.7 Å². The molecule has 0 aliphatic carbocycles. The van der Waals surface area contributed by atoms with Gasteiger partial charge in [-0.2, -0.15) is 0 Å². The van der Waals surface area contributed by atoms with Crippen LogP contribution in [-0.4, -0.2) is 41.3 Å². The molecule has 0 bridgehead atoms. The molecule has 1 aromatic rings.